The van der Waals surface area contributed by atoms with Gasteiger partial charge in [0, 0.05) is 23.2 Å². The molecule has 0 aliphatic carbocycles. The normalized spacial score (nSPS) is 11.6. The summed E-state index contributed by atoms with van der Waals surface area (Å²) in [6.07, 6.45) is 0. The number of benzene rings is 3. The highest BCUT2D eigenvalue weighted by Crippen LogP contribution is 2.26. The van der Waals surface area contributed by atoms with Crippen LogP contribution in [0.4, 0.5) is 11.4 Å². The largest absolute Gasteiger partial charge is 0.285 e. The Morgan fingerprint density at radius 3 is 2.03 bits per heavy atom. The predicted molar refractivity (Wildman–Crippen MR) is 117 cm³/mol. The first-order valence-electron chi connectivity index (χ1n) is 9.15. The second kappa shape index (κ2) is 7.85. The van der Waals surface area contributed by atoms with E-state index in [1.807, 2.05) is 36.6 Å². The van der Waals surface area contributed by atoms with E-state index in [-0.39, 0.29) is 10.6 Å². The van der Waals surface area contributed by atoms with Gasteiger partial charge in [-0.1, -0.05) is 35.4 Å². The van der Waals surface area contributed by atoms with Crippen LogP contribution < -0.4 is 4.80 Å². The molecule has 0 amide bonds. The molecular formula is C23H19N3O2S. The fourth-order valence-electron chi connectivity index (χ4n) is 3.02. The molecule has 1 aromatic heterocycles. The van der Waals surface area contributed by atoms with Gasteiger partial charge in [-0.3, -0.25) is 14.7 Å². The van der Waals surface area contributed by atoms with Gasteiger partial charge in [0.15, 0.2) is 4.80 Å². The average Bonchev–Trinajstić information content (AvgIpc) is 3.14. The molecule has 1 heterocycles. The van der Waals surface area contributed by atoms with Gasteiger partial charge in [-0.05, 0) is 55.8 Å². The summed E-state index contributed by atoms with van der Waals surface area (Å²) >= 11 is 1.54. The molecule has 3 aromatic carbocycles. The lowest BCUT2D eigenvalue weighted by atomic mass is 10.1. The van der Waals surface area contributed by atoms with Crippen molar-refractivity contribution in [1.29, 1.82) is 0 Å². The zero-order valence-corrected chi connectivity index (χ0v) is 16.9. The fourth-order valence-corrected chi connectivity index (χ4v) is 3.94. The van der Waals surface area contributed by atoms with Gasteiger partial charge in [0.2, 0.25) is 0 Å². The van der Waals surface area contributed by atoms with Crippen LogP contribution in [0.1, 0.15) is 11.1 Å². The van der Waals surface area contributed by atoms with E-state index in [4.69, 9.17) is 4.99 Å². The smallest absolute Gasteiger partial charge is 0.269 e. The minimum absolute atomic E-state index is 0.0791. The number of nitro groups is 1. The molecule has 4 aromatic rings. The third-order valence-corrected chi connectivity index (χ3v) is 5.46. The van der Waals surface area contributed by atoms with Gasteiger partial charge in [0.05, 0.1) is 16.3 Å². The van der Waals surface area contributed by atoms with E-state index in [1.54, 1.807) is 23.5 Å². The molecule has 0 unspecified atom stereocenters. The maximum Gasteiger partial charge on any atom is 0.269 e. The second-order valence-electron chi connectivity index (χ2n) is 6.83. The van der Waals surface area contributed by atoms with Crippen LogP contribution in [0, 0.1) is 24.0 Å². The standard InChI is InChI=1S/C23H19N3O2S/c1-16-3-9-19(10-4-16)24-23-25(20-11-5-17(2)6-12-20)22(15-29-23)18-7-13-21(14-8-18)26(27)28/h3-15H,1-2H3. The molecule has 6 heteroatoms. The van der Waals surface area contributed by atoms with Crippen LogP contribution in [0.15, 0.2) is 83.2 Å². The highest BCUT2D eigenvalue weighted by Gasteiger charge is 2.12. The maximum atomic E-state index is 11.0. The number of nitrogens with zero attached hydrogens (tertiary/aromatic N) is 3. The molecule has 0 N–H and O–H groups in total. The van der Waals surface area contributed by atoms with Gasteiger partial charge >= 0.3 is 0 Å². The monoisotopic (exact) mass is 401 g/mol. The van der Waals surface area contributed by atoms with Gasteiger partial charge in [-0.25, -0.2) is 4.99 Å². The van der Waals surface area contributed by atoms with E-state index >= 15 is 0 Å². The lowest BCUT2D eigenvalue weighted by Gasteiger charge is -2.10. The topological polar surface area (TPSA) is 60.4 Å². The Kier molecular flexibility index (Phi) is 5.10. The molecule has 0 atom stereocenters. The Labute approximate surface area is 172 Å². The number of hydrogen-bond acceptors (Lipinski definition) is 4. The lowest BCUT2D eigenvalue weighted by Crippen LogP contribution is -2.13. The summed E-state index contributed by atoms with van der Waals surface area (Å²) in [5.74, 6) is 0. The highest BCUT2D eigenvalue weighted by atomic mass is 32.1. The first-order chi connectivity index (χ1) is 14.0. The number of thiazole rings is 1. The molecule has 144 valence electrons. The van der Waals surface area contributed by atoms with Crippen molar-refractivity contribution >= 4 is 22.7 Å². The van der Waals surface area contributed by atoms with E-state index in [1.165, 1.54) is 23.3 Å². The van der Waals surface area contributed by atoms with Crippen LogP contribution in [-0.4, -0.2) is 9.49 Å². The summed E-state index contributed by atoms with van der Waals surface area (Å²) in [7, 11) is 0. The fraction of sp³-hybridized carbons (Fsp3) is 0.0870. The minimum Gasteiger partial charge on any atom is -0.285 e. The number of nitro benzene ring substituents is 1. The molecule has 0 aliphatic rings. The molecule has 0 saturated carbocycles. The van der Waals surface area contributed by atoms with Crippen molar-refractivity contribution in [2.45, 2.75) is 13.8 Å². The quantitative estimate of drug-likeness (QED) is 0.313. The Morgan fingerprint density at radius 2 is 1.45 bits per heavy atom. The summed E-state index contributed by atoms with van der Waals surface area (Å²) in [5, 5.41) is 13.0. The summed E-state index contributed by atoms with van der Waals surface area (Å²) in [6.45, 7) is 4.10. The summed E-state index contributed by atoms with van der Waals surface area (Å²) < 4.78 is 2.09. The van der Waals surface area contributed by atoms with Gasteiger partial charge in [0.1, 0.15) is 0 Å². The van der Waals surface area contributed by atoms with Crippen molar-refractivity contribution in [3.05, 3.63) is 104 Å². The van der Waals surface area contributed by atoms with E-state index in [9.17, 15) is 10.1 Å². The Balaban J connectivity index is 1.89. The van der Waals surface area contributed by atoms with Crippen molar-refractivity contribution in [2.24, 2.45) is 4.99 Å². The Bertz CT molecular complexity index is 1220. The molecule has 29 heavy (non-hydrogen) atoms. The van der Waals surface area contributed by atoms with Crippen LogP contribution >= 0.6 is 11.3 Å². The SMILES string of the molecule is Cc1ccc(N=c2scc(-c3ccc([N+](=O)[O-])cc3)n2-c2ccc(C)cc2)cc1. The van der Waals surface area contributed by atoms with Gasteiger partial charge < -0.3 is 0 Å². The van der Waals surface area contributed by atoms with Crippen LogP contribution in [0.2, 0.25) is 0 Å². The van der Waals surface area contributed by atoms with Gasteiger partial charge in [-0.2, -0.15) is 0 Å². The summed E-state index contributed by atoms with van der Waals surface area (Å²) in [4.78, 5) is 16.3. The molecular weight excluding hydrogens is 382 g/mol. The number of rotatable bonds is 4. The Morgan fingerprint density at radius 1 is 0.862 bits per heavy atom. The maximum absolute atomic E-state index is 11.0. The molecule has 0 aliphatic heterocycles. The van der Waals surface area contributed by atoms with E-state index < -0.39 is 0 Å². The summed E-state index contributed by atoms with van der Waals surface area (Å²) in [6, 6.07) is 23.0. The van der Waals surface area contributed by atoms with E-state index in [2.05, 4.69) is 35.8 Å². The minimum atomic E-state index is -0.385. The number of aryl methyl sites for hydroxylation is 2. The van der Waals surface area contributed by atoms with Gasteiger partial charge in [-0.15, -0.1) is 11.3 Å². The third kappa shape index (κ3) is 4.02. The van der Waals surface area contributed by atoms with Crippen molar-refractivity contribution in [2.75, 3.05) is 0 Å². The van der Waals surface area contributed by atoms with Crippen LogP contribution in [0.25, 0.3) is 16.9 Å². The molecule has 0 bridgehead atoms. The number of hydrogen-bond donors (Lipinski definition) is 0. The Hall–Kier alpha value is -3.51. The first-order valence-corrected chi connectivity index (χ1v) is 10.0. The zero-order chi connectivity index (χ0) is 20.4. The first kappa shape index (κ1) is 18.8. The highest BCUT2D eigenvalue weighted by molar-refractivity contribution is 7.07. The van der Waals surface area contributed by atoms with Crippen molar-refractivity contribution in [1.82, 2.24) is 4.57 Å². The lowest BCUT2D eigenvalue weighted by molar-refractivity contribution is -0.384. The summed E-state index contributed by atoms with van der Waals surface area (Å²) in [5.41, 5.74) is 6.17. The molecule has 4 rings (SSSR count). The van der Waals surface area contributed by atoms with E-state index in [0.717, 1.165) is 27.4 Å². The van der Waals surface area contributed by atoms with Crippen molar-refractivity contribution in [3.63, 3.8) is 0 Å². The second-order valence-corrected chi connectivity index (χ2v) is 7.66. The van der Waals surface area contributed by atoms with Crippen molar-refractivity contribution < 1.29 is 4.92 Å². The number of aromatic nitrogens is 1. The molecule has 5 nitrogen and oxygen atoms in total. The molecule has 0 spiro atoms. The van der Waals surface area contributed by atoms with Gasteiger partial charge in [0.25, 0.3) is 5.69 Å². The molecule has 0 saturated heterocycles. The number of non-ortho nitro benzene ring substituents is 1. The van der Waals surface area contributed by atoms with Crippen LogP contribution in [0.3, 0.4) is 0 Å². The van der Waals surface area contributed by atoms with Crippen molar-refractivity contribution in [3.8, 4) is 16.9 Å². The van der Waals surface area contributed by atoms with E-state index in [0.29, 0.717) is 0 Å². The van der Waals surface area contributed by atoms with Crippen LogP contribution in [-0.2, 0) is 0 Å². The molecule has 0 radical (unpaired) electrons. The molecule has 0 fully saturated rings. The zero-order valence-electron chi connectivity index (χ0n) is 16.1. The predicted octanol–water partition coefficient (Wildman–Crippen LogP) is 5.96. The third-order valence-electron chi connectivity index (χ3n) is 4.63. The average molecular weight is 401 g/mol. The van der Waals surface area contributed by atoms with Crippen LogP contribution in [0.5, 0.6) is 0 Å².